The van der Waals surface area contributed by atoms with Crippen LogP contribution in [0.5, 0.6) is 0 Å². The second-order valence-electron chi connectivity index (χ2n) is 6.56. The quantitative estimate of drug-likeness (QED) is 0.581. The van der Waals surface area contributed by atoms with Crippen LogP contribution in [0.3, 0.4) is 0 Å². The van der Waals surface area contributed by atoms with Crippen molar-refractivity contribution in [2.24, 2.45) is 11.3 Å². The van der Waals surface area contributed by atoms with Gasteiger partial charge >= 0.3 is 5.97 Å². The summed E-state index contributed by atoms with van der Waals surface area (Å²) in [6.07, 6.45) is 1.84. The van der Waals surface area contributed by atoms with Gasteiger partial charge in [0.05, 0.1) is 0 Å². The normalized spacial score (nSPS) is 25.2. The lowest BCUT2D eigenvalue weighted by Crippen LogP contribution is -2.45. The first kappa shape index (κ1) is 15.9. The van der Waals surface area contributed by atoms with Gasteiger partial charge in [0.15, 0.2) is 0 Å². The average molecular weight is 268 g/mol. The summed E-state index contributed by atoms with van der Waals surface area (Å²) in [4.78, 5) is 36.0. The maximum absolute atomic E-state index is 12.5. The fourth-order valence-corrected chi connectivity index (χ4v) is 2.80. The van der Waals surface area contributed by atoms with Gasteiger partial charge in [-0.2, -0.15) is 0 Å². The molecule has 4 nitrogen and oxygen atoms in total. The third kappa shape index (κ3) is 3.43. The number of carbonyl (C=O) groups excluding carboxylic acids is 3. The highest BCUT2D eigenvalue weighted by Crippen LogP contribution is 2.44. The number of Topliss-reactive ketones (excluding diaryl/α,β-unsaturated/α-hetero) is 2. The summed E-state index contributed by atoms with van der Waals surface area (Å²) >= 11 is 0. The molecule has 0 aromatic carbocycles. The van der Waals surface area contributed by atoms with E-state index in [0.29, 0.717) is 19.3 Å². The van der Waals surface area contributed by atoms with Crippen molar-refractivity contribution >= 4 is 17.5 Å². The van der Waals surface area contributed by atoms with Crippen molar-refractivity contribution in [2.45, 2.75) is 65.9 Å². The van der Waals surface area contributed by atoms with Gasteiger partial charge in [-0.3, -0.25) is 9.59 Å². The Labute approximate surface area is 114 Å². The predicted molar refractivity (Wildman–Crippen MR) is 71.6 cm³/mol. The Morgan fingerprint density at radius 3 is 2.32 bits per heavy atom. The number of rotatable bonds is 4. The monoisotopic (exact) mass is 268 g/mol. The van der Waals surface area contributed by atoms with Gasteiger partial charge < -0.3 is 9.53 Å². The fourth-order valence-electron chi connectivity index (χ4n) is 2.80. The lowest BCUT2D eigenvalue weighted by molar-refractivity contribution is -0.173. The molecule has 0 spiro atoms. The number of ketones is 2. The van der Waals surface area contributed by atoms with Crippen LogP contribution in [0.1, 0.15) is 60.3 Å². The van der Waals surface area contributed by atoms with Gasteiger partial charge in [-0.15, -0.1) is 0 Å². The lowest BCUT2D eigenvalue weighted by Gasteiger charge is -2.34. The first-order valence-electron chi connectivity index (χ1n) is 6.86. The summed E-state index contributed by atoms with van der Waals surface area (Å²) in [5.74, 6) is -0.836. The highest BCUT2D eigenvalue weighted by molar-refractivity contribution is 6.06. The Hall–Kier alpha value is -1.19. The molecule has 1 saturated carbocycles. The van der Waals surface area contributed by atoms with Gasteiger partial charge in [0.1, 0.15) is 22.6 Å². The second-order valence-corrected chi connectivity index (χ2v) is 6.56. The van der Waals surface area contributed by atoms with Crippen LogP contribution in [0.25, 0.3) is 0 Å². The second kappa shape index (κ2) is 5.43. The molecule has 1 aliphatic rings. The highest BCUT2D eigenvalue weighted by Gasteiger charge is 2.54. The summed E-state index contributed by atoms with van der Waals surface area (Å²) in [6, 6.07) is 0. The van der Waals surface area contributed by atoms with E-state index < -0.39 is 17.0 Å². The van der Waals surface area contributed by atoms with Crippen molar-refractivity contribution in [3.8, 4) is 0 Å². The van der Waals surface area contributed by atoms with Crippen LogP contribution in [0.4, 0.5) is 0 Å². The number of hydrogen-bond acceptors (Lipinski definition) is 4. The summed E-state index contributed by atoms with van der Waals surface area (Å²) in [5.41, 5.74) is -1.73. The summed E-state index contributed by atoms with van der Waals surface area (Å²) in [6.45, 7) is 8.64. The molecule has 108 valence electrons. The van der Waals surface area contributed by atoms with E-state index in [4.69, 9.17) is 4.74 Å². The largest absolute Gasteiger partial charge is 0.459 e. The average Bonchev–Trinajstić information content (AvgIpc) is 2.57. The van der Waals surface area contributed by atoms with E-state index in [9.17, 15) is 14.4 Å². The molecule has 1 fully saturated rings. The molecule has 0 saturated heterocycles. The van der Waals surface area contributed by atoms with Gasteiger partial charge in [0, 0.05) is 12.8 Å². The van der Waals surface area contributed by atoms with Crippen LogP contribution in [-0.4, -0.2) is 23.1 Å². The van der Waals surface area contributed by atoms with Gasteiger partial charge in [-0.1, -0.05) is 6.92 Å². The molecule has 0 aliphatic heterocycles. The van der Waals surface area contributed by atoms with E-state index in [1.807, 2.05) is 0 Å². The highest BCUT2D eigenvalue weighted by atomic mass is 16.6. The number of hydrogen-bond donors (Lipinski definition) is 0. The maximum atomic E-state index is 12.5. The summed E-state index contributed by atoms with van der Waals surface area (Å²) in [5, 5.41) is 0. The van der Waals surface area contributed by atoms with E-state index in [2.05, 4.69) is 0 Å². The predicted octanol–water partition coefficient (Wildman–Crippen LogP) is 2.68. The minimum absolute atomic E-state index is 0.00451. The number of esters is 1. The molecule has 0 heterocycles. The maximum Gasteiger partial charge on any atom is 0.320 e. The first-order chi connectivity index (χ1) is 8.59. The van der Waals surface area contributed by atoms with Gasteiger partial charge in [0.25, 0.3) is 0 Å². The van der Waals surface area contributed by atoms with E-state index in [0.717, 1.165) is 0 Å². The molecular formula is C15H24O4. The smallest absolute Gasteiger partial charge is 0.320 e. The molecule has 1 unspecified atom stereocenters. The minimum Gasteiger partial charge on any atom is -0.459 e. The summed E-state index contributed by atoms with van der Waals surface area (Å²) in [7, 11) is 0. The molecular weight excluding hydrogens is 244 g/mol. The first-order valence-corrected chi connectivity index (χ1v) is 6.86. The zero-order valence-corrected chi connectivity index (χ0v) is 12.5. The van der Waals surface area contributed by atoms with E-state index in [-0.39, 0.29) is 23.9 Å². The van der Waals surface area contributed by atoms with Crippen LogP contribution in [0.15, 0.2) is 0 Å². The van der Waals surface area contributed by atoms with Gasteiger partial charge in [-0.05, 0) is 46.5 Å². The molecule has 1 rings (SSSR count). The van der Waals surface area contributed by atoms with Crippen molar-refractivity contribution in [3.63, 3.8) is 0 Å². The van der Waals surface area contributed by atoms with Crippen molar-refractivity contribution in [1.82, 2.24) is 0 Å². The van der Waals surface area contributed by atoms with Crippen LogP contribution in [0.2, 0.25) is 0 Å². The molecule has 0 bridgehead atoms. The molecule has 0 N–H and O–H groups in total. The van der Waals surface area contributed by atoms with Gasteiger partial charge in [-0.25, -0.2) is 0 Å². The zero-order chi connectivity index (χ0) is 14.8. The topological polar surface area (TPSA) is 60.4 Å². The number of ether oxygens (including phenoxy) is 1. The minimum atomic E-state index is -1.11. The van der Waals surface area contributed by atoms with Crippen LogP contribution >= 0.6 is 0 Å². The molecule has 2 atom stereocenters. The fraction of sp³-hybridized carbons (Fsp3) is 0.800. The van der Waals surface area contributed by atoms with Crippen LogP contribution in [-0.2, 0) is 19.1 Å². The Kier molecular flexibility index (Phi) is 4.54. The third-order valence-corrected chi connectivity index (χ3v) is 3.67. The van der Waals surface area contributed by atoms with E-state index in [1.165, 1.54) is 6.92 Å². The molecule has 0 radical (unpaired) electrons. The molecule has 19 heavy (non-hydrogen) atoms. The standard InChI is InChI=1S/C15H24O4/c1-10(9-11(2)16)15(8-6-7-12(15)17)13(18)19-14(3,4)5/h10H,6-9H2,1-5H3/t10?,15-/m1/s1. The van der Waals surface area contributed by atoms with Crippen LogP contribution < -0.4 is 0 Å². The van der Waals surface area contributed by atoms with E-state index >= 15 is 0 Å². The Bertz CT molecular complexity index is 391. The van der Waals surface area contributed by atoms with Crippen molar-refractivity contribution < 1.29 is 19.1 Å². The molecule has 0 amide bonds. The van der Waals surface area contributed by atoms with Crippen molar-refractivity contribution in [3.05, 3.63) is 0 Å². The Morgan fingerprint density at radius 2 is 1.95 bits per heavy atom. The third-order valence-electron chi connectivity index (χ3n) is 3.67. The SMILES string of the molecule is CC(=O)CC(C)[C@]1(C(=O)OC(C)(C)C)CCCC1=O. The zero-order valence-electron chi connectivity index (χ0n) is 12.5. The Morgan fingerprint density at radius 1 is 1.37 bits per heavy atom. The molecule has 4 heteroatoms. The van der Waals surface area contributed by atoms with Crippen molar-refractivity contribution in [1.29, 1.82) is 0 Å². The van der Waals surface area contributed by atoms with E-state index in [1.54, 1.807) is 27.7 Å². The molecule has 0 aromatic heterocycles. The number of carbonyl (C=O) groups is 3. The van der Waals surface area contributed by atoms with Crippen LogP contribution in [0, 0.1) is 11.3 Å². The summed E-state index contributed by atoms with van der Waals surface area (Å²) < 4.78 is 5.43. The Balaban J connectivity index is 3.04. The molecule has 0 aromatic rings. The molecule has 1 aliphatic carbocycles. The lowest BCUT2D eigenvalue weighted by atomic mass is 9.72. The van der Waals surface area contributed by atoms with Gasteiger partial charge in [0.2, 0.25) is 0 Å². The van der Waals surface area contributed by atoms with Crippen molar-refractivity contribution in [2.75, 3.05) is 0 Å².